The Morgan fingerprint density at radius 1 is 1.35 bits per heavy atom. The van der Waals surface area contributed by atoms with Crippen molar-refractivity contribution < 1.29 is 0 Å². The molecule has 0 unspecified atom stereocenters. The maximum absolute atomic E-state index is 6.49. The highest BCUT2D eigenvalue weighted by Gasteiger charge is 2.23. The van der Waals surface area contributed by atoms with Crippen LogP contribution in [0.3, 0.4) is 0 Å². The van der Waals surface area contributed by atoms with E-state index in [1.165, 1.54) is 32.1 Å². The molecule has 0 spiro atoms. The largest absolute Gasteiger partial charge is 0.294 e. The number of hydrogen-bond donors (Lipinski definition) is 0. The molecule has 1 fully saturated rings. The molecule has 0 saturated heterocycles. The Labute approximate surface area is 135 Å². The first-order valence-corrected chi connectivity index (χ1v) is 9.17. The van der Waals surface area contributed by atoms with Crippen molar-refractivity contribution in [1.29, 1.82) is 0 Å². The lowest BCUT2D eigenvalue weighted by atomic mass is 9.94. The van der Waals surface area contributed by atoms with E-state index in [9.17, 15) is 0 Å². The average Bonchev–Trinajstić information content (AvgIpc) is 2.75. The van der Waals surface area contributed by atoms with Gasteiger partial charge in [0, 0.05) is 31.5 Å². The van der Waals surface area contributed by atoms with Gasteiger partial charge in [0.05, 0.1) is 16.4 Å². The van der Waals surface area contributed by atoms with Crippen molar-refractivity contribution in [2.24, 2.45) is 7.05 Å². The second kappa shape index (κ2) is 7.81. The molecule has 1 aliphatic rings. The van der Waals surface area contributed by atoms with Crippen LogP contribution in [-0.4, -0.2) is 32.6 Å². The van der Waals surface area contributed by atoms with Gasteiger partial charge in [0.15, 0.2) is 0 Å². The first kappa shape index (κ1) is 16.3. The van der Waals surface area contributed by atoms with Crippen LogP contribution >= 0.6 is 27.5 Å². The van der Waals surface area contributed by atoms with Crippen molar-refractivity contribution in [3.8, 4) is 0 Å². The van der Waals surface area contributed by atoms with Gasteiger partial charge in [-0.1, -0.05) is 53.7 Å². The second-order valence-corrected chi connectivity index (χ2v) is 6.81. The molecule has 1 saturated carbocycles. The van der Waals surface area contributed by atoms with Crippen LogP contribution in [0.15, 0.2) is 0 Å². The van der Waals surface area contributed by atoms with Crippen LogP contribution in [0.1, 0.15) is 50.4 Å². The number of rotatable bonds is 6. The monoisotopic (exact) mass is 361 g/mol. The third-order valence-corrected chi connectivity index (χ3v) is 5.11. The summed E-state index contributed by atoms with van der Waals surface area (Å²) in [7, 11) is 2.01. The summed E-state index contributed by atoms with van der Waals surface area (Å²) >= 11 is 10.1. The highest BCUT2D eigenvalue weighted by atomic mass is 79.9. The number of alkyl halides is 1. The molecule has 5 heteroatoms. The molecule has 0 amide bonds. The van der Waals surface area contributed by atoms with Crippen molar-refractivity contribution in [2.45, 2.75) is 58.0 Å². The van der Waals surface area contributed by atoms with E-state index in [4.69, 9.17) is 11.6 Å². The summed E-state index contributed by atoms with van der Waals surface area (Å²) in [6, 6.07) is 0.706. The molecule has 3 nitrogen and oxygen atoms in total. The molecule has 20 heavy (non-hydrogen) atoms. The van der Waals surface area contributed by atoms with Crippen molar-refractivity contribution >= 4 is 27.5 Å². The summed E-state index contributed by atoms with van der Waals surface area (Å²) in [6.07, 6.45) is 7.66. The summed E-state index contributed by atoms with van der Waals surface area (Å²) in [4.78, 5) is 2.58. The normalized spacial score (nSPS) is 17.1. The fourth-order valence-electron chi connectivity index (χ4n) is 3.13. The van der Waals surface area contributed by atoms with E-state index in [0.29, 0.717) is 6.04 Å². The zero-order valence-corrected chi connectivity index (χ0v) is 14.9. The van der Waals surface area contributed by atoms with Crippen molar-refractivity contribution in [1.82, 2.24) is 14.7 Å². The van der Waals surface area contributed by atoms with Crippen LogP contribution < -0.4 is 0 Å². The highest BCUT2D eigenvalue weighted by Crippen LogP contribution is 2.27. The van der Waals surface area contributed by atoms with Crippen LogP contribution in [-0.2, 0) is 20.0 Å². The van der Waals surface area contributed by atoms with Gasteiger partial charge >= 0.3 is 0 Å². The van der Waals surface area contributed by atoms with Crippen LogP contribution in [0.4, 0.5) is 0 Å². The van der Waals surface area contributed by atoms with Gasteiger partial charge < -0.3 is 0 Å². The predicted octanol–water partition coefficient (Wildman–Crippen LogP) is 4.17. The van der Waals surface area contributed by atoms with Gasteiger partial charge in [-0.3, -0.25) is 9.58 Å². The van der Waals surface area contributed by atoms with Gasteiger partial charge in [-0.25, -0.2) is 0 Å². The van der Waals surface area contributed by atoms with Gasteiger partial charge in [-0.05, 0) is 19.3 Å². The van der Waals surface area contributed by atoms with Crippen LogP contribution in [0.2, 0.25) is 5.02 Å². The fourth-order valence-corrected chi connectivity index (χ4v) is 3.94. The quantitative estimate of drug-likeness (QED) is 0.708. The molecule has 1 aromatic heterocycles. The van der Waals surface area contributed by atoms with E-state index < -0.39 is 0 Å². The second-order valence-electron chi connectivity index (χ2n) is 5.64. The van der Waals surface area contributed by atoms with Gasteiger partial charge in [-0.2, -0.15) is 5.10 Å². The Bertz CT molecular complexity index is 427. The summed E-state index contributed by atoms with van der Waals surface area (Å²) in [5.74, 6) is 0. The molecule has 114 valence electrons. The zero-order chi connectivity index (χ0) is 14.5. The Balaban J connectivity index is 2.12. The maximum atomic E-state index is 6.49. The fraction of sp³-hybridized carbons (Fsp3) is 0.800. The number of nitrogens with zero attached hydrogens (tertiary/aromatic N) is 3. The van der Waals surface area contributed by atoms with Crippen molar-refractivity contribution in [2.75, 3.05) is 11.9 Å². The minimum absolute atomic E-state index is 0.706. The van der Waals surface area contributed by atoms with Gasteiger partial charge in [0.1, 0.15) is 0 Å². The number of aromatic nitrogens is 2. The third kappa shape index (κ3) is 3.77. The molecule has 0 aromatic carbocycles. The van der Waals surface area contributed by atoms with E-state index in [-0.39, 0.29) is 0 Å². The number of halogens is 2. The summed E-state index contributed by atoms with van der Waals surface area (Å²) in [5.41, 5.74) is 2.18. The summed E-state index contributed by atoms with van der Waals surface area (Å²) < 4.78 is 1.96. The van der Waals surface area contributed by atoms with Crippen LogP contribution in [0.25, 0.3) is 0 Å². The molecule has 0 radical (unpaired) electrons. The third-order valence-electron chi connectivity index (χ3n) is 4.32. The number of hydrogen-bond acceptors (Lipinski definition) is 2. The highest BCUT2D eigenvalue weighted by molar-refractivity contribution is 9.09. The van der Waals surface area contributed by atoms with E-state index in [1.54, 1.807) is 0 Å². The molecule has 0 bridgehead atoms. The lowest BCUT2D eigenvalue weighted by Crippen LogP contribution is -2.38. The van der Waals surface area contributed by atoms with E-state index >= 15 is 0 Å². The average molecular weight is 363 g/mol. The lowest BCUT2D eigenvalue weighted by Gasteiger charge is -2.34. The van der Waals surface area contributed by atoms with Crippen molar-refractivity contribution in [3.63, 3.8) is 0 Å². The van der Waals surface area contributed by atoms with E-state index in [1.807, 2.05) is 11.7 Å². The predicted molar refractivity (Wildman–Crippen MR) is 88.7 cm³/mol. The van der Waals surface area contributed by atoms with Crippen LogP contribution in [0, 0.1) is 0 Å². The van der Waals surface area contributed by atoms with E-state index in [2.05, 4.69) is 32.9 Å². The molecule has 2 rings (SSSR count). The molecule has 0 atom stereocenters. The lowest BCUT2D eigenvalue weighted by molar-refractivity contribution is 0.154. The topological polar surface area (TPSA) is 21.1 Å². The Kier molecular flexibility index (Phi) is 6.37. The Hall–Kier alpha value is -0.0600. The van der Waals surface area contributed by atoms with Gasteiger partial charge in [0.25, 0.3) is 0 Å². The first-order chi connectivity index (χ1) is 9.67. The summed E-state index contributed by atoms with van der Waals surface area (Å²) in [6.45, 7) is 4.10. The molecule has 1 heterocycles. The zero-order valence-electron chi connectivity index (χ0n) is 12.5. The van der Waals surface area contributed by atoms with Gasteiger partial charge in [0.2, 0.25) is 0 Å². The standard InChI is InChI=1S/C15H25BrClN3/c1-3-13-15(17)14(19(2)18-13)11-20(10-9-16)12-7-5-4-6-8-12/h12H,3-11H2,1-2H3. The molecule has 0 aliphatic heterocycles. The molecule has 1 aliphatic carbocycles. The van der Waals surface area contributed by atoms with Gasteiger partial charge in [-0.15, -0.1) is 0 Å². The minimum atomic E-state index is 0.706. The SMILES string of the molecule is CCc1nn(C)c(CN(CCBr)C2CCCCC2)c1Cl. The van der Waals surface area contributed by atoms with E-state index in [0.717, 1.165) is 41.3 Å². The van der Waals surface area contributed by atoms with Crippen molar-refractivity contribution in [3.05, 3.63) is 16.4 Å². The Morgan fingerprint density at radius 2 is 2.05 bits per heavy atom. The smallest absolute Gasteiger partial charge is 0.0863 e. The molecule has 1 aromatic rings. The molecular formula is C15H25BrClN3. The minimum Gasteiger partial charge on any atom is -0.294 e. The first-order valence-electron chi connectivity index (χ1n) is 7.67. The number of aryl methyl sites for hydroxylation is 2. The van der Waals surface area contributed by atoms with Crippen LogP contribution in [0.5, 0.6) is 0 Å². The Morgan fingerprint density at radius 3 is 2.60 bits per heavy atom. The summed E-state index contributed by atoms with van der Waals surface area (Å²) in [5, 5.41) is 6.41. The molecule has 0 N–H and O–H groups in total. The molecular weight excluding hydrogens is 338 g/mol. The maximum Gasteiger partial charge on any atom is 0.0863 e.